The Hall–Kier alpha value is 0.190. The van der Waals surface area contributed by atoms with Gasteiger partial charge in [0.05, 0.1) is 10.0 Å². The Balaban J connectivity index is 2.24. The second kappa shape index (κ2) is 7.18. The number of halogens is 3. The average molecular weight is 415 g/mol. The maximum atomic E-state index is 12.7. The van der Waals surface area contributed by atoms with Crippen molar-refractivity contribution in [1.82, 2.24) is 4.31 Å². The highest BCUT2D eigenvalue weighted by Gasteiger charge is 2.29. The molecule has 0 atom stereocenters. The van der Waals surface area contributed by atoms with Crippen LogP contribution in [0.15, 0.2) is 21.5 Å². The van der Waals surface area contributed by atoms with Crippen molar-refractivity contribution in [2.45, 2.75) is 37.0 Å². The molecule has 0 radical (unpaired) electrons. The third-order valence-electron chi connectivity index (χ3n) is 3.87. The second-order valence-electron chi connectivity index (χ2n) is 5.49. The summed E-state index contributed by atoms with van der Waals surface area (Å²) in [6.45, 7) is 0.519. The quantitative estimate of drug-likeness (QED) is 0.698. The summed E-state index contributed by atoms with van der Waals surface area (Å²) in [4.78, 5) is -0.00709. The van der Waals surface area contributed by atoms with Crippen molar-refractivity contribution in [3.8, 4) is 0 Å². The van der Waals surface area contributed by atoms with E-state index in [-0.39, 0.29) is 14.9 Å². The molecule has 118 valence electrons. The van der Waals surface area contributed by atoms with Gasteiger partial charge in [0.1, 0.15) is 4.90 Å². The number of sulfonamides is 1. The minimum atomic E-state index is -3.67. The summed E-state index contributed by atoms with van der Waals surface area (Å²) in [5.74, 6) is 0.423. The lowest BCUT2D eigenvalue weighted by Crippen LogP contribution is -2.33. The van der Waals surface area contributed by atoms with Crippen molar-refractivity contribution < 1.29 is 8.42 Å². The van der Waals surface area contributed by atoms with Crippen LogP contribution in [0.5, 0.6) is 0 Å². The van der Waals surface area contributed by atoms with E-state index in [0.29, 0.717) is 16.9 Å². The molecule has 1 aliphatic rings. The third kappa shape index (κ3) is 4.14. The first-order chi connectivity index (χ1) is 9.82. The van der Waals surface area contributed by atoms with Crippen molar-refractivity contribution in [2.24, 2.45) is 5.92 Å². The van der Waals surface area contributed by atoms with E-state index in [1.807, 2.05) is 0 Å². The van der Waals surface area contributed by atoms with Gasteiger partial charge >= 0.3 is 0 Å². The molecule has 1 fully saturated rings. The summed E-state index contributed by atoms with van der Waals surface area (Å²) in [5, 5.41) is 0.287. The van der Waals surface area contributed by atoms with Crippen LogP contribution in [0.2, 0.25) is 10.0 Å². The molecule has 7 heteroatoms. The van der Waals surface area contributed by atoms with Crippen molar-refractivity contribution in [3.63, 3.8) is 0 Å². The van der Waals surface area contributed by atoms with E-state index in [4.69, 9.17) is 23.2 Å². The van der Waals surface area contributed by atoms with Crippen LogP contribution < -0.4 is 0 Å². The molecule has 1 aliphatic carbocycles. The highest BCUT2D eigenvalue weighted by molar-refractivity contribution is 9.10. The number of rotatable bonds is 4. The van der Waals surface area contributed by atoms with Crippen LogP contribution in [-0.4, -0.2) is 26.3 Å². The maximum Gasteiger partial charge on any atom is 0.245 e. The molecular weight excluding hydrogens is 397 g/mol. The first-order valence-corrected chi connectivity index (χ1v) is 9.92. The fourth-order valence-corrected chi connectivity index (χ4v) is 5.89. The van der Waals surface area contributed by atoms with Gasteiger partial charge in [0.2, 0.25) is 10.0 Å². The van der Waals surface area contributed by atoms with Crippen LogP contribution in [0.1, 0.15) is 32.1 Å². The van der Waals surface area contributed by atoms with Crippen molar-refractivity contribution >= 4 is 49.2 Å². The van der Waals surface area contributed by atoms with Crippen LogP contribution >= 0.6 is 39.1 Å². The van der Waals surface area contributed by atoms with Gasteiger partial charge < -0.3 is 0 Å². The van der Waals surface area contributed by atoms with E-state index in [0.717, 1.165) is 12.8 Å². The molecule has 0 bridgehead atoms. The molecule has 0 aromatic heterocycles. The number of hydrogen-bond donors (Lipinski definition) is 0. The van der Waals surface area contributed by atoms with E-state index in [1.54, 1.807) is 19.2 Å². The lowest BCUT2D eigenvalue weighted by atomic mass is 9.89. The molecular formula is C14H18BrCl2NO2S. The van der Waals surface area contributed by atoms with Gasteiger partial charge in [0, 0.05) is 18.1 Å². The molecule has 0 heterocycles. The molecule has 0 unspecified atom stereocenters. The van der Waals surface area contributed by atoms with Gasteiger partial charge in [-0.3, -0.25) is 0 Å². The topological polar surface area (TPSA) is 37.4 Å². The molecule has 0 spiro atoms. The molecule has 0 N–H and O–H groups in total. The van der Waals surface area contributed by atoms with Gasteiger partial charge in [-0.2, -0.15) is 0 Å². The van der Waals surface area contributed by atoms with Crippen molar-refractivity contribution in [3.05, 3.63) is 26.7 Å². The fraction of sp³-hybridized carbons (Fsp3) is 0.571. The number of nitrogens with zero attached hydrogens (tertiary/aromatic N) is 1. The van der Waals surface area contributed by atoms with E-state index in [1.165, 1.54) is 23.6 Å². The lowest BCUT2D eigenvalue weighted by Gasteiger charge is -2.27. The molecule has 21 heavy (non-hydrogen) atoms. The zero-order valence-electron chi connectivity index (χ0n) is 11.8. The SMILES string of the molecule is CN(CC1CCCCC1)S(=O)(=O)c1c(Cl)cc(Br)cc1Cl. The second-order valence-corrected chi connectivity index (χ2v) is 9.20. The molecule has 0 amide bonds. The minimum absolute atomic E-state index is 0.00709. The highest BCUT2D eigenvalue weighted by atomic mass is 79.9. The highest BCUT2D eigenvalue weighted by Crippen LogP contribution is 2.35. The predicted octanol–water partition coefficient (Wildman–Crippen LogP) is 4.96. The molecule has 3 nitrogen and oxygen atoms in total. The summed E-state index contributed by atoms with van der Waals surface area (Å²) in [6.07, 6.45) is 5.78. The van der Waals surface area contributed by atoms with Gasteiger partial charge in [0.25, 0.3) is 0 Å². The minimum Gasteiger partial charge on any atom is -0.207 e. The zero-order valence-corrected chi connectivity index (χ0v) is 15.7. The maximum absolute atomic E-state index is 12.7. The molecule has 1 aromatic carbocycles. The summed E-state index contributed by atoms with van der Waals surface area (Å²) < 4.78 is 27.4. The Morgan fingerprint density at radius 1 is 1.19 bits per heavy atom. The molecule has 0 saturated heterocycles. The van der Waals surface area contributed by atoms with Crippen LogP contribution in [0, 0.1) is 5.92 Å². The van der Waals surface area contributed by atoms with E-state index in [9.17, 15) is 8.42 Å². The van der Waals surface area contributed by atoms with Gasteiger partial charge in [0.15, 0.2) is 0 Å². The summed E-state index contributed by atoms with van der Waals surface area (Å²) in [7, 11) is -2.07. The Morgan fingerprint density at radius 3 is 2.24 bits per heavy atom. The standard InChI is InChI=1S/C14H18BrCl2NO2S/c1-18(9-10-5-3-2-4-6-10)21(19,20)14-12(16)7-11(15)8-13(14)17/h7-8,10H,2-6,9H2,1H3. The fourth-order valence-electron chi connectivity index (χ4n) is 2.76. The van der Waals surface area contributed by atoms with Gasteiger partial charge in [-0.25, -0.2) is 12.7 Å². The Kier molecular flexibility index (Phi) is 5.99. The monoisotopic (exact) mass is 413 g/mol. The van der Waals surface area contributed by atoms with Crippen LogP contribution in [0.25, 0.3) is 0 Å². The summed E-state index contributed by atoms with van der Waals surface area (Å²) in [6, 6.07) is 3.10. The normalized spacial score (nSPS) is 17.4. The summed E-state index contributed by atoms with van der Waals surface area (Å²) >= 11 is 15.4. The Morgan fingerprint density at radius 2 is 1.71 bits per heavy atom. The molecule has 1 aromatic rings. The van der Waals surface area contributed by atoms with Gasteiger partial charge in [-0.05, 0) is 30.9 Å². The van der Waals surface area contributed by atoms with Crippen LogP contribution in [-0.2, 0) is 10.0 Å². The molecule has 0 aliphatic heterocycles. The first kappa shape index (κ1) is 17.5. The molecule has 2 rings (SSSR count). The Labute approximate surface area is 144 Å². The van der Waals surface area contributed by atoms with Gasteiger partial charge in [-0.15, -0.1) is 0 Å². The first-order valence-electron chi connectivity index (χ1n) is 6.93. The van der Waals surface area contributed by atoms with E-state index < -0.39 is 10.0 Å². The van der Waals surface area contributed by atoms with E-state index >= 15 is 0 Å². The predicted molar refractivity (Wildman–Crippen MR) is 90.6 cm³/mol. The third-order valence-corrected chi connectivity index (χ3v) is 7.07. The summed E-state index contributed by atoms with van der Waals surface area (Å²) in [5.41, 5.74) is 0. The number of hydrogen-bond acceptors (Lipinski definition) is 2. The number of benzene rings is 1. The average Bonchev–Trinajstić information content (AvgIpc) is 2.38. The van der Waals surface area contributed by atoms with Crippen molar-refractivity contribution in [2.75, 3.05) is 13.6 Å². The van der Waals surface area contributed by atoms with Crippen LogP contribution in [0.4, 0.5) is 0 Å². The lowest BCUT2D eigenvalue weighted by molar-refractivity contribution is 0.300. The smallest absolute Gasteiger partial charge is 0.207 e. The van der Waals surface area contributed by atoms with Crippen molar-refractivity contribution in [1.29, 1.82) is 0 Å². The van der Waals surface area contributed by atoms with Crippen LogP contribution in [0.3, 0.4) is 0 Å². The van der Waals surface area contributed by atoms with E-state index in [2.05, 4.69) is 15.9 Å². The zero-order chi connectivity index (χ0) is 15.6. The largest absolute Gasteiger partial charge is 0.245 e. The Bertz CT molecular complexity index is 592. The van der Waals surface area contributed by atoms with Gasteiger partial charge in [-0.1, -0.05) is 58.4 Å². The molecule has 1 saturated carbocycles.